The summed E-state index contributed by atoms with van der Waals surface area (Å²) in [4.78, 5) is 44.2. The van der Waals surface area contributed by atoms with E-state index >= 15 is 0 Å². The number of anilines is 1. The number of nitriles is 1. The third-order valence-electron chi connectivity index (χ3n) is 6.54. The summed E-state index contributed by atoms with van der Waals surface area (Å²) in [6, 6.07) is 11.2. The smallest absolute Gasteiger partial charge is 0.269 e. The Labute approximate surface area is 199 Å². The van der Waals surface area contributed by atoms with Gasteiger partial charge in [0.1, 0.15) is 23.8 Å². The van der Waals surface area contributed by atoms with Crippen molar-refractivity contribution < 1.29 is 14.4 Å². The number of rotatable bonds is 5. The Bertz CT molecular complexity index is 1380. The lowest BCUT2D eigenvalue weighted by molar-refractivity contribution is -0.141. The summed E-state index contributed by atoms with van der Waals surface area (Å²) in [7, 11) is 0. The highest BCUT2D eigenvalue weighted by atomic mass is 35.5. The van der Waals surface area contributed by atoms with Gasteiger partial charge in [0.05, 0.1) is 11.1 Å². The van der Waals surface area contributed by atoms with Crippen molar-refractivity contribution >= 4 is 46.0 Å². The molecule has 3 N–H and O–H groups in total. The number of hydrogen-bond donors (Lipinski definition) is 2. The van der Waals surface area contributed by atoms with Gasteiger partial charge in [0.25, 0.3) is 5.91 Å². The number of fused-ring (bicyclic) bond motifs is 3. The molecule has 2 aromatic heterocycles. The first-order valence-electron chi connectivity index (χ1n) is 10.8. The fourth-order valence-electron chi connectivity index (χ4n) is 5.14. The van der Waals surface area contributed by atoms with Crippen LogP contribution < -0.4 is 11.1 Å². The van der Waals surface area contributed by atoms with Crippen molar-refractivity contribution in [2.45, 2.75) is 37.9 Å². The molecule has 2 fully saturated rings. The summed E-state index contributed by atoms with van der Waals surface area (Å²) < 4.78 is 1.45. The number of pyridine rings is 1. The second kappa shape index (κ2) is 8.43. The van der Waals surface area contributed by atoms with E-state index in [0.717, 1.165) is 19.3 Å². The van der Waals surface area contributed by atoms with Gasteiger partial charge >= 0.3 is 0 Å². The number of primary amides is 1. The molecule has 172 valence electrons. The summed E-state index contributed by atoms with van der Waals surface area (Å²) in [5.41, 5.74) is 6.35. The number of carbonyl (C=O) groups is 3. The first-order valence-corrected chi connectivity index (χ1v) is 11.2. The highest BCUT2D eigenvalue weighted by Crippen LogP contribution is 2.43. The first kappa shape index (κ1) is 21.9. The summed E-state index contributed by atoms with van der Waals surface area (Å²) in [6.07, 6.45) is 2.37. The van der Waals surface area contributed by atoms with Crippen molar-refractivity contribution in [3.8, 4) is 6.07 Å². The van der Waals surface area contributed by atoms with Gasteiger partial charge in [0, 0.05) is 11.4 Å². The van der Waals surface area contributed by atoms with E-state index in [1.807, 2.05) is 6.07 Å². The Morgan fingerprint density at radius 2 is 2.00 bits per heavy atom. The van der Waals surface area contributed by atoms with Crippen molar-refractivity contribution in [3.05, 3.63) is 52.8 Å². The molecule has 1 aliphatic carbocycles. The summed E-state index contributed by atoms with van der Waals surface area (Å²) >= 11 is 5.94. The molecule has 3 aromatic rings. The summed E-state index contributed by atoms with van der Waals surface area (Å²) in [5, 5.41) is 17.0. The van der Waals surface area contributed by atoms with Crippen LogP contribution in [0, 0.1) is 17.2 Å². The predicted molar refractivity (Wildman–Crippen MR) is 123 cm³/mol. The number of para-hydroxylation sites is 1. The molecule has 2 aliphatic rings. The van der Waals surface area contributed by atoms with Crippen LogP contribution in [-0.4, -0.2) is 49.5 Å². The molecule has 3 heterocycles. The second-order valence-electron chi connectivity index (χ2n) is 8.49. The van der Waals surface area contributed by atoms with Gasteiger partial charge in [0.2, 0.25) is 11.8 Å². The maximum absolute atomic E-state index is 13.5. The highest BCUT2D eigenvalue weighted by Gasteiger charge is 2.51. The van der Waals surface area contributed by atoms with Gasteiger partial charge in [-0.1, -0.05) is 29.8 Å². The Hall–Kier alpha value is -3.97. The molecule has 10 nitrogen and oxygen atoms in total. The maximum atomic E-state index is 13.5. The average Bonchev–Trinajstić information content (AvgIpc) is 3.53. The van der Waals surface area contributed by atoms with Gasteiger partial charge in [-0.3, -0.25) is 19.1 Å². The van der Waals surface area contributed by atoms with Gasteiger partial charge < -0.3 is 16.0 Å². The minimum Gasteiger partial charge on any atom is -0.364 e. The van der Waals surface area contributed by atoms with E-state index in [4.69, 9.17) is 17.3 Å². The third kappa shape index (κ3) is 3.64. The lowest BCUT2D eigenvalue weighted by atomic mass is 9.97. The molecule has 0 spiro atoms. The zero-order valence-electron chi connectivity index (χ0n) is 17.9. The quantitative estimate of drug-likeness (QED) is 0.537. The first-order chi connectivity index (χ1) is 16.4. The number of aromatic nitrogens is 3. The second-order valence-corrected chi connectivity index (χ2v) is 8.88. The Morgan fingerprint density at radius 3 is 2.76 bits per heavy atom. The molecule has 1 aliphatic heterocycles. The number of piperidine rings is 1. The van der Waals surface area contributed by atoms with Crippen LogP contribution >= 0.6 is 11.6 Å². The molecule has 1 aromatic carbocycles. The molecule has 5 rings (SSSR count). The fraction of sp³-hybridized carbons (Fsp3) is 0.304. The molecular weight excluding hydrogens is 458 g/mol. The number of nitrogens with zero attached hydrogens (tertiary/aromatic N) is 5. The summed E-state index contributed by atoms with van der Waals surface area (Å²) in [5.74, 6) is -1.29. The van der Waals surface area contributed by atoms with Gasteiger partial charge in [-0.15, -0.1) is 0 Å². The Balaban J connectivity index is 1.42. The zero-order valence-corrected chi connectivity index (χ0v) is 18.7. The van der Waals surface area contributed by atoms with Gasteiger partial charge in [-0.05, 0) is 43.4 Å². The van der Waals surface area contributed by atoms with E-state index < -0.39 is 17.9 Å². The van der Waals surface area contributed by atoms with E-state index in [1.54, 1.807) is 29.2 Å². The van der Waals surface area contributed by atoms with Gasteiger partial charge in [0.15, 0.2) is 11.5 Å². The monoisotopic (exact) mass is 477 g/mol. The Morgan fingerprint density at radius 1 is 1.21 bits per heavy atom. The topological polar surface area (TPSA) is 147 Å². The molecule has 1 saturated carbocycles. The molecule has 2 bridgehead atoms. The fourth-order valence-corrected chi connectivity index (χ4v) is 5.28. The molecule has 0 unspecified atom stereocenters. The Kier molecular flexibility index (Phi) is 5.42. The highest BCUT2D eigenvalue weighted by molar-refractivity contribution is 6.29. The van der Waals surface area contributed by atoms with Crippen molar-refractivity contribution in [1.29, 1.82) is 5.26 Å². The zero-order chi connectivity index (χ0) is 24.0. The lowest BCUT2D eigenvalue weighted by Gasteiger charge is -2.34. The maximum Gasteiger partial charge on any atom is 0.269 e. The van der Waals surface area contributed by atoms with E-state index in [0.29, 0.717) is 10.9 Å². The number of likely N-dealkylation sites (tertiary alicyclic amines) is 1. The van der Waals surface area contributed by atoms with Crippen LogP contribution in [0.15, 0.2) is 36.4 Å². The molecular formula is C23H20ClN7O3. The van der Waals surface area contributed by atoms with Gasteiger partial charge in [-0.2, -0.15) is 10.4 Å². The molecule has 34 heavy (non-hydrogen) atoms. The van der Waals surface area contributed by atoms with Crippen LogP contribution in [0.5, 0.6) is 0 Å². The van der Waals surface area contributed by atoms with E-state index in [9.17, 15) is 19.6 Å². The number of halogens is 1. The number of amides is 3. The predicted octanol–water partition coefficient (Wildman–Crippen LogP) is 2.07. The van der Waals surface area contributed by atoms with Crippen LogP contribution in [0.1, 0.15) is 35.3 Å². The van der Waals surface area contributed by atoms with Crippen LogP contribution in [0.4, 0.5) is 5.82 Å². The molecule has 3 amide bonds. The van der Waals surface area contributed by atoms with E-state index in [1.165, 1.54) is 16.8 Å². The average molecular weight is 478 g/mol. The van der Waals surface area contributed by atoms with Crippen LogP contribution in [0.25, 0.3) is 10.9 Å². The SMILES string of the molecule is N#Cc1ccc(Cl)nc1NC(=O)[C@@H]1[C@H]2CC[C@H](C2)N1C(=O)Cn1nc(C(N)=O)c2ccccc21. The van der Waals surface area contributed by atoms with Gasteiger partial charge in [-0.25, -0.2) is 4.98 Å². The number of nitrogens with one attached hydrogen (secondary N) is 1. The molecule has 1 saturated heterocycles. The van der Waals surface area contributed by atoms with Crippen LogP contribution in [-0.2, 0) is 16.1 Å². The minimum atomic E-state index is -0.698. The van der Waals surface area contributed by atoms with E-state index in [-0.39, 0.29) is 46.6 Å². The van der Waals surface area contributed by atoms with E-state index in [2.05, 4.69) is 15.4 Å². The lowest BCUT2D eigenvalue weighted by Crippen LogP contribution is -2.52. The van der Waals surface area contributed by atoms with Crippen LogP contribution in [0.3, 0.4) is 0 Å². The third-order valence-corrected chi connectivity index (χ3v) is 6.75. The molecule has 0 radical (unpaired) electrons. The standard InChI is InChI=1S/C23H20ClN7O3/c24-17-8-6-13(10-25)22(27-17)28-23(34)20-12-5-7-14(9-12)31(20)18(32)11-30-16-4-2-1-3-15(16)19(29-30)21(26)33/h1-4,6,8,12,14,20H,5,7,9,11H2,(H2,26,33)(H,27,28,34)/t12-,14+,20-/m0/s1. The summed E-state index contributed by atoms with van der Waals surface area (Å²) in [6.45, 7) is -0.139. The molecule has 11 heteroatoms. The largest absolute Gasteiger partial charge is 0.364 e. The minimum absolute atomic E-state index is 0.00853. The number of carbonyl (C=O) groups excluding carboxylic acids is 3. The van der Waals surface area contributed by atoms with Crippen LogP contribution in [0.2, 0.25) is 5.15 Å². The number of hydrogen-bond acceptors (Lipinski definition) is 6. The number of benzene rings is 1. The van der Waals surface area contributed by atoms with Crippen molar-refractivity contribution in [1.82, 2.24) is 19.7 Å². The van der Waals surface area contributed by atoms with Crippen molar-refractivity contribution in [2.24, 2.45) is 11.7 Å². The van der Waals surface area contributed by atoms with Crippen molar-refractivity contribution in [2.75, 3.05) is 5.32 Å². The van der Waals surface area contributed by atoms with Crippen molar-refractivity contribution in [3.63, 3.8) is 0 Å². The normalized spacial score (nSPS) is 20.9. The molecule has 3 atom stereocenters. The number of nitrogens with two attached hydrogens (primary N) is 1.